The van der Waals surface area contributed by atoms with Crippen molar-refractivity contribution in [2.75, 3.05) is 0 Å². The molecule has 2 N–H and O–H groups in total. The smallest absolute Gasteiger partial charge is 0.256 e. The number of alkyl halides is 3. The van der Waals surface area contributed by atoms with Crippen molar-refractivity contribution in [2.24, 2.45) is 17.3 Å². The Balaban J connectivity index is 1.76. The van der Waals surface area contributed by atoms with E-state index in [1.165, 1.54) is 16.0 Å². The van der Waals surface area contributed by atoms with E-state index in [1.54, 1.807) is 0 Å². The lowest BCUT2D eigenvalue weighted by molar-refractivity contribution is -0.0363. The molecule has 126 valence electrons. The van der Waals surface area contributed by atoms with Crippen molar-refractivity contribution in [1.82, 2.24) is 3.97 Å². The first-order valence-corrected chi connectivity index (χ1v) is 9.63. The molecule has 1 aromatic heterocycles. The van der Waals surface area contributed by atoms with Gasteiger partial charge in [-0.25, -0.2) is 3.97 Å². The van der Waals surface area contributed by atoms with Crippen LogP contribution in [0.4, 0.5) is 0 Å². The molecule has 1 aromatic rings. The lowest BCUT2D eigenvalue weighted by Crippen LogP contribution is -2.51. The summed E-state index contributed by atoms with van der Waals surface area (Å²) in [4.78, 5) is 0. The van der Waals surface area contributed by atoms with Gasteiger partial charge in [0.25, 0.3) is 3.12 Å². The van der Waals surface area contributed by atoms with Crippen molar-refractivity contribution in [3.8, 4) is 11.8 Å². The van der Waals surface area contributed by atoms with E-state index in [9.17, 15) is 10.2 Å². The second-order valence-electron chi connectivity index (χ2n) is 7.37. The molecule has 3 saturated carbocycles. The Morgan fingerprint density at radius 3 is 2.52 bits per heavy atom. The van der Waals surface area contributed by atoms with Crippen LogP contribution in [-0.2, 0) is 6.42 Å². The summed E-state index contributed by atoms with van der Waals surface area (Å²) in [5, 5.41) is 21.1. The third-order valence-corrected chi connectivity index (χ3v) is 7.46. The van der Waals surface area contributed by atoms with Crippen molar-refractivity contribution >= 4 is 46.8 Å². The highest BCUT2D eigenvalue weighted by Crippen LogP contribution is 2.67. The van der Waals surface area contributed by atoms with Gasteiger partial charge in [0.2, 0.25) is 11.8 Å². The summed E-state index contributed by atoms with van der Waals surface area (Å²) in [6.45, 7) is 4.67. The summed E-state index contributed by atoms with van der Waals surface area (Å²) in [5.74, 6) is 1.42. The van der Waals surface area contributed by atoms with E-state index in [-0.39, 0.29) is 17.7 Å². The minimum atomic E-state index is -1.65. The lowest BCUT2D eigenvalue weighted by Gasteiger charge is -2.60. The maximum atomic E-state index is 10.7. The van der Waals surface area contributed by atoms with Crippen molar-refractivity contribution in [2.45, 2.75) is 42.2 Å². The number of allylic oxidation sites excluding steroid dienone is 2. The second kappa shape index (κ2) is 4.94. The van der Waals surface area contributed by atoms with E-state index >= 15 is 0 Å². The Morgan fingerprint density at radius 2 is 1.91 bits per heavy atom. The van der Waals surface area contributed by atoms with E-state index in [2.05, 4.69) is 19.9 Å². The SMILES string of the molecule is CC1(C)C2CC3C(=CCc4c3c(O)n(SC(Cl)(Cl)Cl)c4O)C1C2. The number of rotatable bonds is 1. The average molecular weight is 395 g/mol. The highest BCUT2D eigenvalue weighted by molar-refractivity contribution is 8.03. The predicted octanol–water partition coefficient (Wildman–Crippen LogP) is 5.36. The van der Waals surface area contributed by atoms with Gasteiger partial charge in [0.15, 0.2) is 0 Å². The van der Waals surface area contributed by atoms with E-state index in [0.717, 1.165) is 29.5 Å². The summed E-state index contributed by atoms with van der Waals surface area (Å²) in [7, 11) is 0. The van der Waals surface area contributed by atoms with Gasteiger partial charge in [-0.1, -0.05) is 60.3 Å². The third-order valence-electron chi connectivity index (χ3n) is 6.10. The molecule has 3 atom stereocenters. The molecule has 0 aromatic carbocycles. The number of nitrogens with zero attached hydrogens (tertiary/aromatic N) is 1. The average Bonchev–Trinajstić information content (AvgIpc) is 2.70. The molecule has 7 heteroatoms. The van der Waals surface area contributed by atoms with Gasteiger partial charge in [-0.3, -0.25) is 0 Å². The van der Waals surface area contributed by atoms with Crippen LogP contribution in [0.2, 0.25) is 0 Å². The van der Waals surface area contributed by atoms with Crippen molar-refractivity contribution < 1.29 is 10.2 Å². The first kappa shape index (κ1) is 16.3. The van der Waals surface area contributed by atoms with Crippen LogP contribution in [0, 0.1) is 17.3 Å². The van der Waals surface area contributed by atoms with E-state index in [4.69, 9.17) is 34.8 Å². The molecule has 4 aliphatic rings. The number of halogens is 3. The Bertz CT molecular complexity index is 720. The largest absolute Gasteiger partial charge is 0.494 e. The van der Waals surface area contributed by atoms with Crippen LogP contribution in [0.25, 0.3) is 0 Å². The normalized spacial score (nSPS) is 31.0. The molecule has 3 unspecified atom stereocenters. The second-order valence-corrected chi connectivity index (χ2v) is 11.5. The van der Waals surface area contributed by atoms with E-state index < -0.39 is 3.12 Å². The van der Waals surface area contributed by atoms with E-state index in [0.29, 0.717) is 23.7 Å². The van der Waals surface area contributed by atoms with Gasteiger partial charge in [0.05, 0.1) is 0 Å². The quantitative estimate of drug-likeness (QED) is 0.498. The minimum absolute atomic E-state index is 0.0115. The molecular formula is C16H18Cl3NO2S. The third kappa shape index (κ3) is 2.25. The van der Waals surface area contributed by atoms with Gasteiger partial charge in [-0.2, -0.15) is 0 Å². The first-order chi connectivity index (χ1) is 10.6. The monoisotopic (exact) mass is 393 g/mol. The molecule has 5 rings (SSSR count). The molecule has 23 heavy (non-hydrogen) atoms. The molecule has 4 aliphatic carbocycles. The first-order valence-electron chi connectivity index (χ1n) is 7.72. The highest BCUT2D eigenvalue weighted by Gasteiger charge is 2.57. The number of hydrogen-bond acceptors (Lipinski definition) is 3. The Morgan fingerprint density at radius 1 is 1.22 bits per heavy atom. The van der Waals surface area contributed by atoms with Crippen LogP contribution in [0.3, 0.4) is 0 Å². The van der Waals surface area contributed by atoms with Gasteiger partial charge in [0, 0.05) is 29.0 Å². The van der Waals surface area contributed by atoms with Crippen LogP contribution >= 0.6 is 46.8 Å². The zero-order chi connectivity index (χ0) is 16.7. The number of aromatic nitrogens is 1. The van der Waals surface area contributed by atoms with Crippen molar-refractivity contribution in [3.63, 3.8) is 0 Å². The molecule has 1 heterocycles. The standard InChI is InChI=1S/C16H18Cl3NO2S/c1-15(2)7-5-10-8(11(15)6-7)3-4-9-12(10)14(22)20(13(9)21)23-16(17,18)19/h3,7,10-11,21-22H,4-6H2,1-2H3. The topological polar surface area (TPSA) is 45.4 Å². The fraction of sp³-hybridized carbons (Fsp3) is 0.625. The molecular weight excluding hydrogens is 377 g/mol. The maximum absolute atomic E-state index is 10.7. The molecule has 3 nitrogen and oxygen atoms in total. The molecule has 0 spiro atoms. The zero-order valence-electron chi connectivity index (χ0n) is 12.8. The van der Waals surface area contributed by atoms with Crippen LogP contribution in [0.1, 0.15) is 43.7 Å². The van der Waals surface area contributed by atoms with Gasteiger partial charge in [0.1, 0.15) is 0 Å². The van der Waals surface area contributed by atoms with Crippen molar-refractivity contribution in [1.29, 1.82) is 0 Å². The molecule has 0 aliphatic heterocycles. The molecule has 3 fully saturated rings. The Kier molecular flexibility index (Phi) is 3.50. The van der Waals surface area contributed by atoms with Gasteiger partial charge < -0.3 is 10.2 Å². The Hall–Kier alpha value is -0.160. The molecule has 0 radical (unpaired) electrons. The van der Waals surface area contributed by atoms with E-state index in [1.807, 2.05) is 0 Å². The fourth-order valence-corrected chi connectivity index (χ4v) is 5.99. The van der Waals surface area contributed by atoms with Crippen LogP contribution in [0.15, 0.2) is 11.6 Å². The molecule has 0 amide bonds. The van der Waals surface area contributed by atoms with Crippen LogP contribution in [0.5, 0.6) is 11.8 Å². The van der Waals surface area contributed by atoms with Gasteiger partial charge in [-0.15, -0.1) is 0 Å². The maximum Gasteiger partial charge on any atom is 0.256 e. The summed E-state index contributed by atoms with van der Waals surface area (Å²) in [5.41, 5.74) is 3.34. The highest BCUT2D eigenvalue weighted by atomic mass is 35.6. The van der Waals surface area contributed by atoms with Crippen LogP contribution < -0.4 is 0 Å². The summed E-state index contributed by atoms with van der Waals surface area (Å²) >= 11 is 18.2. The Labute approximate surface area is 154 Å². The molecule has 0 saturated heterocycles. The fourth-order valence-electron chi connectivity index (χ4n) is 4.78. The van der Waals surface area contributed by atoms with Crippen molar-refractivity contribution in [3.05, 3.63) is 22.8 Å². The number of fused-ring (bicyclic) bond motifs is 1. The summed E-state index contributed by atoms with van der Waals surface area (Å²) < 4.78 is -0.399. The number of hydrogen-bond donors (Lipinski definition) is 2. The zero-order valence-corrected chi connectivity index (χ0v) is 15.9. The summed E-state index contributed by atoms with van der Waals surface area (Å²) in [6, 6.07) is 0. The van der Waals surface area contributed by atoms with Crippen LogP contribution in [-0.4, -0.2) is 17.3 Å². The van der Waals surface area contributed by atoms with Gasteiger partial charge in [-0.05, 0) is 36.5 Å². The predicted molar refractivity (Wildman–Crippen MR) is 95.6 cm³/mol. The molecule has 2 bridgehead atoms. The van der Waals surface area contributed by atoms with Gasteiger partial charge >= 0.3 is 0 Å². The summed E-state index contributed by atoms with van der Waals surface area (Å²) in [6.07, 6.45) is 5.10. The number of aromatic hydroxyl groups is 2. The lowest BCUT2D eigenvalue weighted by atomic mass is 9.44. The minimum Gasteiger partial charge on any atom is -0.494 e.